The fourth-order valence-electron chi connectivity index (χ4n) is 6.10. The maximum atomic E-state index is 13.1. The van der Waals surface area contributed by atoms with Crippen LogP contribution >= 0.6 is 23.2 Å². The van der Waals surface area contributed by atoms with Gasteiger partial charge in [0.05, 0.1) is 19.6 Å². The minimum atomic E-state index is -6.11. The van der Waals surface area contributed by atoms with Gasteiger partial charge in [-0.25, -0.2) is 23.4 Å². The highest BCUT2D eigenvalue weighted by Crippen LogP contribution is 2.69. The Morgan fingerprint density at radius 2 is 1.74 bits per heavy atom. The number of aromatic nitrogens is 4. The Hall–Kier alpha value is -3.11. The van der Waals surface area contributed by atoms with E-state index in [9.17, 15) is 58.7 Å². The van der Waals surface area contributed by atoms with Crippen LogP contribution < -0.4 is 22.3 Å². The topological polar surface area (TPSA) is 415 Å². The predicted molar refractivity (Wildman–Crippen MR) is 170 cm³/mol. The average Bonchev–Trinajstić information content (AvgIpc) is 3.77. The summed E-state index contributed by atoms with van der Waals surface area (Å²) >= 11 is 0. The van der Waals surface area contributed by atoms with Gasteiger partial charge in [-0.15, -0.1) is 0 Å². The number of rotatable bonds is 12. The monoisotopic (exact) mass is 820 g/mol. The molecule has 4 aliphatic heterocycles. The highest BCUT2D eigenvalue weighted by atomic mass is 31.3. The van der Waals surface area contributed by atoms with E-state index in [4.69, 9.17) is 25.7 Å². The Morgan fingerprint density at radius 3 is 2.42 bits per heavy atom. The summed E-state index contributed by atoms with van der Waals surface area (Å²) in [4.78, 5) is 59.5. The maximum Gasteiger partial charge on any atom is 0.488 e. The third-order valence-corrected chi connectivity index (χ3v) is 13.3. The van der Waals surface area contributed by atoms with Crippen LogP contribution in [0.4, 0.5) is 5.95 Å². The molecule has 53 heavy (non-hydrogen) atoms. The Bertz CT molecular complexity index is 2010. The molecule has 13 atom stereocenters. The second kappa shape index (κ2) is 14.2. The lowest BCUT2D eigenvalue weighted by Gasteiger charge is -2.31. The van der Waals surface area contributed by atoms with E-state index in [1.807, 2.05) is 0 Å². The molecule has 0 spiro atoms. The summed E-state index contributed by atoms with van der Waals surface area (Å²) in [5, 5.41) is 55.9. The van der Waals surface area contributed by atoms with Crippen molar-refractivity contribution in [1.82, 2.24) is 34.6 Å². The van der Waals surface area contributed by atoms with Crippen LogP contribution in [-0.2, 0) is 41.1 Å². The van der Waals surface area contributed by atoms with Gasteiger partial charge in [0.1, 0.15) is 48.1 Å². The summed E-state index contributed by atoms with van der Waals surface area (Å²) in [6.07, 6.45) is -13.8. The number of likely N-dealkylation sites (N-methyl/N-ethyl adjacent to an activating group) is 1. The van der Waals surface area contributed by atoms with Crippen LogP contribution in [0.25, 0.3) is 11.2 Å². The standard InChI is InChI=1S/C22H35N10O18P3/c1-30-5-32(15-8(30)17(37)29-22(24)27-15)19-11(35)12(45-2)13(48-19)20(38)51(39,40)49-53(43,44)50-52(41,42)46-3-6-9(33)10(34)18(47-6)31-4-25-7-14(31)26-21(23)28-16(7)36/h4,6,9-13,17-20,33-35,37-38H,3,5H2,1-2H3,(H,39,40)(H,41,42)(H,43,44)(H3,24,27,29)(H3,23,26,28,36)/t6-,9?,10+,11-,12?,13-,17?,18-,19+,20?/m1/s1. The zero-order chi connectivity index (χ0) is 38.9. The number of methoxy groups -OCH3 is 1. The molecule has 296 valence electrons. The zero-order valence-corrected chi connectivity index (χ0v) is 29.8. The molecular formula is C22H35N10O18P3. The molecular weight excluding hydrogens is 785 g/mol. The molecule has 6 heterocycles. The lowest BCUT2D eigenvalue weighted by molar-refractivity contribution is -0.0977. The van der Waals surface area contributed by atoms with E-state index in [0.29, 0.717) is 0 Å². The number of H-pyrrole nitrogens is 1. The van der Waals surface area contributed by atoms with Crippen molar-refractivity contribution >= 4 is 46.3 Å². The van der Waals surface area contributed by atoms with Crippen LogP contribution in [0.2, 0.25) is 0 Å². The number of nitrogens with two attached hydrogens (primary N) is 2. The van der Waals surface area contributed by atoms with Crippen LogP contribution in [0.1, 0.15) is 6.23 Å². The molecule has 28 nitrogen and oxygen atoms in total. The van der Waals surface area contributed by atoms with Crippen LogP contribution in [-0.4, -0.2) is 158 Å². The predicted octanol–water partition coefficient (Wildman–Crippen LogP) is -5.21. The fourth-order valence-corrected chi connectivity index (χ4v) is 10.2. The third-order valence-electron chi connectivity index (χ3n) is 8.41. The summed E-state index contributed by atoms with van der Waals surface area (Å²) in [5.74, 6) is -3.14. The number of hydrogen-bond acceptors (Lipinski definition) is 23. The van der Waals surface area contributed by atoms with Crippen LogP contribution in [0.3, 0.4) is 0 Å². The number of anilines is 1. The molecule has 7 unspecified atom stereocenters. The second-order valence-electron chi connectivity index (χ2n) is 11.9. The Balaban J connectivity index is 1.09. The molecule has 0 aliphatic carbocycles. The lowest BCUT2D eigenvalue weighted by Crippen LogP contribution is -2.49. The molecule has 0 aromatic carbocycles. The van der Waals surface area contributed by atoms with Crippen molar-refractivity contribution in [2.24, 2.45) is 10.7 Å². The molecule has 0 radical (unpaired) electrons. The number of nitrogens with one attached hydrogen (secondary N) is 2. The van der Waals surface area contributed by atoms with E-state index in [0.717, 1.165) is 18.0 Å². The van der Waals surface area contributed by atoms with Gasteiger partial charge in [-0.05, 0) is 0 Å². The van der Waals surface area contributed by atoms with Crippen molar-refractivity contribution < 1.29 is 81.3 Å². The highest BCUT2D eigenvalue weighted by molar-refractivity contribution is 7.68. The number of phosphoric acid groups is 2. The van der Waals surface area contributed by atoms with Crippen molar-refractivity contribution in [2.45, 2.75) is 61.2 Å². The summed E-state index contributed by atoms with van der Waals surface area (Å²) in [5.41, 5.74) is 10.4. The number of phosphoric ester groups is 1. The van der Waals surface area contributed by atoms with Gasteiger partial charge < -0.3 is 81.0 Å². The molecule has 31 heteroatoms. The Kier molecular flexibility index (Phi) is 10.6. The Morgan fingerprint density at radius 1 is 1.04 bits per heavy atom. The van der Waals surface area contributed by atoms with Crippen LogP contribution in [0.15, 0.2) is 27.6 Å². The molecule has 0 saturated carbocycles. The maximum absolute atomic E-state index is 13.1. The summed E-state index contributed by atoms with van der Waals surface area (Å²) < 4.78 is 68.7. The third kappa shape index (κ3) is 7.48. The number of aliphatic imine (C=N–C) groups is 1. The Labute approximate surface area is 295 Å². The number of imidazole rings is 1. The zero-order valence-electron chi connectivity index (χ0n) is 27.1. The van der Waals surface area contributed by atoms with E-state index in [1.165, 1.54) is 9.80 Å². The van der Waals surface area contributed by atoms with Gasteiger partial charge >= 0.3 is 23.2 Å². The molecule has 6 rings (SSSR count). The molecule has 4 aliphatic rings. The SMILES string of the molecule is COC1[C@H](C(O)P(=O)(O)OP(=O)(O)OP(=O)(O)OC[C@H]2O[C@@H](n3cnc4c(=O)[nH]c(N)nc43)[C@@H](O)C2O)O[C@H](N2CN(C)C3=C2NC(N)=NC3O)[C@@H]1O. The number of fused-ring (bicyclic) bond motifs is 1. The van der Waals surface area contributed by atoms with E-state index < -0.39 is 96.6 Å². The number of guanidine groups is 1. The molecule has 2 aromatic rings. The first kappa shape index (κ1) is 39.6. The van der Waals surface area contributed by atoms with E-state index in [2.05, 4.69) is 38.4 Å². The minimum absolute atomic E-state index is 0.0618. The lowest BCUT2D eigenvalue weighted by atomic mass is 10.1. The van der Waals surface area contributed by atoms with Gasteiger partial charge in [0.25, 0.3) is 5.56 Å². The van der Waals surface area contributed by atoms with E-state index >= 15 is 0 Å². The number of nitrogen functional groups attached to an aromatic ring is 1. The summed E-state index contributed by atoms with van der Waals surface area (Å²) in [7, 11) is -15.1. The highest BCUT2D eigenvalue weighted by Gasteiger charge is 2.58. The number of aliphatic hydroxyl groups excluding tert-OH is 5. The largest absolute Gasteiger partial charge is 0.488 e. The number of aliphatic hydroxyl groups is 5. The fraction of sp³-hybridized carbons (Fsp3) is 0.636. The van der Waals surface area contributed by atoms with Crippen LogP contribution in [0, 0.1) is 0 Å². The van der Waals surface area contributed by atoms with Crippen molar-refractivity contribution in [3.8, 4) is 0 Å². The van der Waals surface area contributed by atoms with Crippen molar-refractivity contribution in [2.75, 3.05) is 33.2 Å². The molecule has 14 N–H and O–H groups in total. The van der Waals surface area contributed by atoms with Gasteiger partial charge in [-0.1, -0.05) is 0 Å². The number of hydrogen-bond donors (Lipinski definition) is 12. The van der Waals surface area contributed by atoms with Gasteiger partial charge in [0.2, 0.25) is 5.95 Å². The van der Waals surface area contributed by atoms with Gasteiger partial charge in [0.15, 0.2) is 41.7 Å². The average molecular weight is 820 g/mol. The van der Waals surface area contributed by atoms with Gasteiger partial charge in [-0.2, -0.15) is 9.29 Å². The van der Waals surface area contributed by atoms with Crippen molar-refractivity contribution in [3.05, 3.63) is 28.2 Å². The first-order valence-electron chi connectivity index (χ1n) is 15.0. The minimum Gasteiger partial charge on any atom is -0.387 e. The molecule has 2 saturated heterocycles. The van der Waals surface area contributed by atoms with E-state index in [1.54, 1.807) is 7.05 Å². The number of nitrogens with zero attached hydrogens (tertiary/aromatic N) is 6. The second-order valence-corrected chi connectivity index (χ2v) is 17.0. The molecule has 2 aromatic heterocycles. The normalized spacial score (nSPS) is 34.4. The van der Waals surface area contributed by atoms with Gasteiger partial charge in [-0.3, -0.25) is 23.4 Å². The van der Waals surface area contributed by atoms with Crippen molar-refractivity contribution in [1.29, 1.82) is 0 Å². The summed E-state index contributed by atoms with van der Waals surface area (Å²) in [6, 6.07) is 0. The molecule has 0 bridgehead atoms. The first-order chi connectivity index (χ1) is 24.6. The summed E-state index contributed by atoms with van der Waals surface area (Å²) in [6.45, 7) is -1.17. The smallest absolute Gasteiger partial charge is 0.387 e. The first-order valence-corrected chi connectivity index (χ1v) is 19.6. The van der Waals surface area contributed by atoms with Gasteiger partial charge in [0, 0.05) is 14.2 Å². The van der Waals surface area contributed by atoms with E-state index in [-0.39, 0.29) is 41.3 Å². The molecule has 0 amide bonds. The molecule has 2 fully saturated rings. The van der Waals surface area contributed by atoms with Crippen LogP contribution in [0.5, 0.6) is 0 Å². The number of aromatic amines is 1. The quantitative estimate of drug-likeness (QED) is 0.0890. The number of ether oxygens (including phenoxy) is 3. The van der Waals surface area contributed by atoms with Crippen molar-refractivity contribution in [3.63, 3.8) is 0 Å².